The summed E-state index contributed by atoms with van der Waals surface area (Å²) in [4.78, 5) is 13.7. The number of methoxy groups -OCH3 is 2. The van der Waals surface area contributed by atoms with Crippen LogP contribution in [-0.2, 0) is 11.3 Å². The standard InChI is InChI=1S/C19H22F2N2O3S/c1-23(11-13-4-7-15(25-2)10-17(13)26-3)12-18(24)22-14-5-8-16(9-6-14)27-19(20)21/h4-10,19H,11-12H2,1-3H3,(H,22,24)/p+1. The van der Waals surface area contributed by atoms with Gasteiger partial charge in [-0.3, -0.25) is 4.79 Å². The lowest BCUT2D eigenvalue weighted by atomic mass is 10.2. The Hall–Kier alpha value is -2.32. The van der Waals surface area contributed by atoms with Crippen molar-refractivity contribution in [3.8, 4) is 11.5 Å². The van der Waals surface area contributed by atoms with E-state index in [1.54, 1.807) is 38.5 Å². The number of halogens is 2. The minimum Gasteiger partial charge on any atom is -0.497 e. The second-order valence-corrected chi connectivity index (χ2v) is 7.00. The predicted octanol–water partition coefficient (Wildman–Crippen LogP) is 2.67. The van der Waals surface area contributed by atoms with Crippen LogP contribution in [-0.4, -0.2) is 39.5 Å². The Bertz CT molecular complexity index is 757. The summed E-state index contributed by atoms with van der Waals surface area (Å²) >= 11 is 0.473. The van der Waals surface area contributed by atoms with Crippen LogP contribution in [0.1, 0.15) is 5.56 Å². The van der Waals surface area contributed by atoms with Crippen LogP contribution in [0, 0.1) is 0 Å². The summed E-state index contributed by atoms with van der Waals surface area (Å²) in [6.45, 7) is 0.854. The number of quaternary nitrogens is 1. The van der Waals surface area contributed by atoms with Crippen molar-refractivity contribution in [2.45, 2.75) is 17.2 Å². The maximum Gasteiger partial charge on any atom is 0.288 e. The summed E-state index contributed by atoms with van der Waals surface area (Å²) in [7, 11) is 5.09. The number of benzene rings is 2. The third kappa shape index (κ3) is 6.73. The van der Waals surface area contributed by atoms with E-state index in [2.05, 4.69) is 5.32 Å². The lowest BCUT2D eigenvalue weighted by Gasteiger charge is -2.16. The van der Waals surface area contributed by atoms with Gasteiger partial charge < -0.3 is 19.7 Å². The van der Waals surface area contributed by atoms with Gasteiger partial charge in [-0.15, -0.1) is 0 Å². The van der Waals surface area contributed by atoms with E-state index < -0.39 is 5.76 Å². The monoisotopic (exact) mass is 397 g/mol. The third-order valence-corrected chi connectivity index (χ3v) is 4.53. The summed E-state index contributed by atoms with van der Waals surface area (Å²) < 4.78 is 35.2. The quantitative estimate of drug-likeness (QED) is 0.639. The molecule has 5 nitrogen and oxygen atoms in total. The molecule has 1 atom stereocenters. The SMILES string of the molecule is COc1ccc(C[NH+](C)CC(=O)Nc2ccc(SC(F)F)cc2)c(OC)c1. The van der Waals surface area contributed by atoms with E-state index in [1.165, 1.54) is 0 Å². The van der Waals surface area contributed by atoms with Crippen molar-refractivity contribution >= 4 is 23.4 Å². The van der Waals surface area contributed by atoms with Gasteiger partial charge >= 0.3 is 0 Å². The molecule has 146 valence electrons. The third-order valence-electron chi connectivity index (χ3n) is 3.81. The number of nitrogens with one attached hydrogen (secondary N) is 2. The molecule has 2 N–H and O–H groups in total. The van der Waals surface area contributed by atoms with Gasteiger partial charge in [-0.05, 0) is 36.4 Å². The summed E-state index contributed by atoms with van der Waals surface area (Å²) in [5, 5.41) is 2.78. The van der Waals surface area contributed by atoms with Crippen LogP contribution in [0.3, 0.4) is 0 Å². The van der Waals surface area contributed by atoms with Crippen LogP contribution in [0.2, 0.25) is 0 Å². The predicted molar refractivity (Wildman–Crippen MR) is 102 cm³/mol. The van der Waals surface area contributed by atoms with E-state index in [9.17, 15) is 13.6 Å². The largest absolute Gasteiger partial charge is 0.497 e. The number of ether oxygens (including phenoxy) is 2. The highest BCUT2D eigenvalue weighted by atomic mass is 32.2. The highest BCUT2D eigenvalue weighted by Gasteiger charge is 2.14. The number of likely N-dealkylation sites (N-methyl/N-ethyl adjacent to an activating group) is 1. The molecule has 2 rings (SSSR count). The second-order valence-electron chi connectivity index (χ2n) is 5.94. The highest BCUT2D eigenvalue weighted by Crippen LogP contribution is 2.26. The van der Waals surface area contributed by atoms with Crippen LogP contribution in [0.15, 0.2) is 47.4 Å². The zero-order valence-electron chi connectivity index (χ0n) is 15.4. The fraction of sp³-hybridized carbons (Fsp3) is 0.316. The molecule has 0 heterocycles. The van der Waals surface area contributed by atoms with Crippen LogP contribution < -0.4 is 19.7 Å². The lowest BCUT2D eigenvalue weighted by molar-refractivity contribution is -0.885. The van der Waals surface area contributed by atoms with E-state index in [0.717, 1.165) is 10.5 Å². The highest BCUT2D eigenvalue weighted by molar-refractivity contribution is 7.99. The van der Waals surface area contributed by atoms with Gasteiger partial charge in [0, 0.05) is 22.2 Å². The Morgan fingerprint density at radius 2 is 1.85 bits per heavy atom. The van der Waals surface area contributed by atoms with Gasteiger partial charge in [0.15, 0.2) is 6.54 Å². The molecule has 1 amide bonds. The number of carbonyl (C=O) groups excluding carboxylic acids is 1. The number of amides is 1. The molecular formula is C19H23F2N2O3S+. The number of hydrogen-bond donors (Lipinski definition) is 2. The molecule has 0 aliphatic carbocycles. The molecule has 0 aliphatic heterocycles. The fourth-order valence-corrected chi connectivity index (χ4v) is 3.08. The normalized spacial score (nSPS) is 11.9. The van der Waals surface area contributed by atoms with Gasteiger partial charge in [-0.2, -0.15) is 8.78 Å². The van der Waals surface area contributed by atoms with E-state index in [4.69, 9.17) is 9.47 Å². The molecule has 0 saturated heterocycles. The van der Waals surface area contributed by atoms with Gasteiger partial charge in [-0.25, -0.2) is 0 Å². The van der Waals surface area contributed by atoms with Crippen molar-refractivity contribution in [3.63, 3.8) is 0 Å². The molecule has 27 heavy (non-hydrogen) atoms. The Labute approximate surface area is 161 Å². The molecule has 2 aromatic carbocycles. The van der Waals surface area contributed by atoms with Crippen molar-refractivity contribution < 1.29 is 27.9 Å². The molecule has 8 heteroatoms. The summed E-state index contributed by atoms with van der Waals surface area (Å²) in [6, 6.07) is 11.9. The average molecular weight is 397 g/mol. The first-order chi connectivity index (χ1) is 12.9. The van der Waals surface area contributed by atoms with Gasteiger partial charge in [0.05, 0.1) is 21.3 Å². The van der Waals surface area contributed by atoms with E-state index in [-0.39, 0.29) is 12.5 Å². The topological polar surface area (TPSA) is 52.0 Å². The molecular weight excluding hydrogens is 374 g/mol. The minimum atomic E-state index is -2.46. The molecule has 1 unspecified atom stereocenters. The van der Waals surface area contributed by atoms with Gasteiger partial charge in [-0.1, -0.05) is 11.8 Å². The molecule has 0 aromatic heterocycles. The van der Waals surface area contributed by atoms with E-state index in [1.807, 2.05) is 25.2 Å². The van der Waals surface area contributed by atoms with Crippen molar-refractivity contribution in [3.05, 3.63) is 48.0 Å². The Kier molecular flexibility index (Phi) is 7.87. The number of anilines is 1. The first-order valence-electron chi connectivity index (χ1n) is 8.28. The van der Waals surface area contributed by atoms with Crippen LogP contribution in [0.4, 0.5) is 14.5 Å². The van der Waals surface area contributed by atoms with Crippen molar-refractivity contribution in [2.24, 2.45) is 0 Å². The summed E-state index contributed by atoms with van der Waals surface area (Å²) in [5.74, 6) is -1.20. The van der Waals surface area contributed by atoms with Gasteiger partial charge in [0.25, 0.3) is 11.7 Å². The van der Waals surface area contributed by atoms with Crippen LogP contribution >= 0.6 is 11.8 Å². The van der Waals surface area contributed by atoms with Crippen molar-refractivity contribution in [1.82, 2.24) is 0 Å². The van der Waals surface area contributed by atoms with E-state index in [0.29, 0.717) is 40.4 Å². The number of hydrogen-bond acceptors (Lipinski definition) is 4. The molecule has 0 bridgehead atoms. The fourth-order valence-electron chi connectivity index (χ4n) is 2.58. The number of alkyl halides is 2. The zero-order valence-corrected chi connectivity index (χ0v) is 16.2. The molecule has 0 saturated carbocycles. The molecule has 0 aliphatic rings. The minimum absolute atomic E-state index is 0.158. The maximum atomic E-state index is 12.3. The first kappa shape index (κ1) is 21.0. The average Bonchev–Trinajstić information content (AvgIpc) is 2.63. The number of carbonyl (C=O) groups is 1. The smallest absolute Gasteiger partial charge is 0.288 e. The van der Waals surface area contributed by atoms with E-state index >= 15 is 0 Å². The molecule has 0 radical (unpaired) electrons. The Balaban J connectivity index is 1.90. The molecule has 0 spiro atoms. The maximum absolute atomic E-state index is 12.3. The Morgan fingerprint density at radius 1 is 1.15 bits per heavy atom. The lowest BCUT2D eigenvalue weighted by Crippen LogP contribution is -3.08. The first-order valence-corrected chi connectivity index (χ1v) is 9.16. The molecule has 0 fully saturated rings. The Morgan fingerprint density at radius 3 is 2.44 bits per heavy atom. The number of thioether (sulfide) groups is 1. The summed E-state index contributed by atoms with van der Waals surface area (Å²) in [5.41, 5.74) is 1.55. The second kappa shape index (κ2) is 10.1. The molecule has 2 aromatic rings. The zero-order chi connectivity index (χ0) is 19.8. The van der Waals surface area contributed by atoms with Gasteiger partial charge in [0.1, 0.15) is 18.0 Å². The summed E-state index contributed by atoms with van der Waals surface area (Å²) in [6.07, 6.45) is 0. The van der Waals surface area contributed by atoms with Crippen LogP contribution in [0.5, 0.6) is 11.5 Å². The van der Waals surface area contributed by atoms with Crippen LogP contribution in [0.25, 0.3) is 0 Å². The van der Waals surface area contributed by atoms with Gasteiger partial charge in [0.2, 0.25) is 0 Å². The van der Waals surface area contributed by atoms with Crippen molar-refractivity contribution in [1.29, 1.82) is 0 Å². The van der Waals surface area contributed by atoms with Crippen molar-refractivity contribution in [2.75, 3.05) is 33.1 Å². The number of rotatable bonds is 9.